The van der Waals surface area contributed by atoms with Crippen LogP contribution in [0, 0.1) is 0 Å². The van der Waals surface area contributed by atoms with Crippen molar-refractivity contribution in [2.45, 2.75) is 31.5 Å². The quantitative estimate of drug-likeness (QED) is 0.758. The summed E-state index contributed by atoms with van der Waals surface area (Å²) in [6, 6.07) is 5.66. The molecule has 126 valence electrons. The molecule has 0 bridgehead atoms. The average molecular weight is 356 g/mol. The van der Waals surface area contributed by atoms with Gasteiger partial charge in [0.25, 0.3) is 0 Å². The van der Waals surface area contributed by atoms with Crippen molar-refractivity contribution in [3.8, 4) is 0 Å². The van der Waals surface area contributed by atoms with E-state index in [9.17, 15) is 0 Å². The van der Waals surface area contributed by atoms with Crippen molar-refractivity contribution in [3.05, 3.63) is 40.5 Å². The van der Waals surface area contributed by atoms with E-state index >= 15 is 0 Å². The number of hydrogen-bond donors (Lipinski definition) is 3. The van der Waals surface area contributed by atoms with Gasteiger partial charge in [0, 0.05) is 17.3 Å². The van der Waals surface area contributed by atoms with Crippen molar-refractivity contribution in [2.24, 2.45) is 10.7 Å². The lowest BCUT2D eigenvalue weighted by atomic mass is 10.0. The minimum absolute atomic E-state index is 0.438. The molecule has 2 rings (SSSR count). The first-order valence-electron chi connectivity index (χ1n) is 7.50. The highest BCUT2D eigenvalue weighted by Crippen LogP contribution is 2.26. The van der Waals surface area contributed by atoms with Gasteiger partial charge in [0.15, 0.2) is 0 Å². The summed E-state index contributed by atoms with van der Waals surface area (Å²) in [5, 5.41) is 7.35. The summed E-state index contributed by atoms with van der Waals surface area (Å²) in [5.41, 5.74) is 6.34. The number of nitrogens with two attached hydrogens (primary N) is 1. The van der Waals surface area contributed by atoms with Gasteiger partial charge in [0.05, 0.1) is 10.7 Å². The fourth-order valence-electron chi connectivity index (χ4n) is 2.17. The monoisotopic (exact) mass is 355 g/mol. The maximum absolute atomic E-state index is 6.39. The van der Waals surface area contributed by atoms with Crippen LogP contribution < -0.4 is 16.4 Å². The van der Waals surface area contributed by atoms with Crippen molar-refractivity contribution >= 4 is 34.8 Å². The Morgan fingerprint density at radius 2 is 2.13 bits per heavy atom. The number of aliphatic imine (C=N–C) groups is 1. The molecule has 0 spiro atoms. The third-order valence-corrected chi connectivity index (χ3v) is 4.50. The molecule has 5 nitrogen and oxygen atoms in total. The Bertz CT molecular complexity index is 614. The largest absolute Gasteiger partial charge is 0.333 e. The SMILES string of the molecule is CC(CCC1(N)C=CNC(Nc2cc(Cl)ccc2Cl)=N1)N(C)C. The maximum atomic E-state index is 6.39. The number of anilines is 1. The zero-order valence-corrected chi connectivity index (χ0v) is 15.1. The highest BCUT2D eigenvalue weighted by atomic mass is 35.5. The van der Waals surface area contributed by atoms with Crippen molar-refractivity contribution < 1.29 is 0 Å². The number of hydrogen-bond acceptors (Lipinski definition) is 5. The van der Waals surface area contributed by atoms with Gasteiger partial charge in [-0.05, 0) is 58.1 Å². The summed E-state index contributed by atoms with van der Waals surface area (Å²) < 4.78 is 0. The molecule has 0 amide bonds. The Morgan fingerprint density at radius 1 is 1.39 bits per heavy atom. The van der Waals surface area contributed by atoms with Crippen molar-refractivity contribution in [1.82, 2.24) is 10.2 Å². The van der Waals surface area contributed by atoms with E-state index in [2.05, 4.69) is 41.5 Å². The van der Waals surface area contributed by atoms with Crippen LogP contribution in [0.5, 0.6) is 0 Å². The van der Waals surface area contributed by atoms with Gasteiger partial charge >= 0.3 is 0 Å². The Morgan fingerprint density at radius 3 is 2.83 bits per heavy atom. The van der Waals surface area contributed by atoms with E-state index in [0.29, 0.717) is 27.7 Å². The number of halogens is 2. The summed E-state index contributed by atoms with van der Waals surface area (Å²) in [5.74, 6) is 0.552. The summed E-state index contributed by atoms with van der Waals surface area (Å²) in [6.07, 6.45) is 5.37. The van der Waals surface area contributed by atoms with Gasteiger partial charge in [-0.25, -0.2) is 4.99 Å². The van der Waals surface area contributed by atoms with Gasteiger partial charge < -0.3 is 21.3 Å². The molecule has 0 aromatic heterocycles. The van der Waals surface area contributed by atoms with Crippen molar-refractivity contribution in [1.29, 1.82) is 0 Å². The molecular weight excluding hydrogens is 333 g/mol. The lowest BCUT2D eigenvalue weighted by molar-refractivity contribution is 0.278. The standard InChI is InChI=1S/C16H23Cl2N5/c1-11(23(2)3)6-7-16(19)8-9-20-15(22-16)21-14-10-12(17)4-5-13(14)18/h4-5,8-11H,6-7,19H2,1-3H3,(H2,20,21,22). The highest BCUT2D eigenvalue weighted by Gasteiger charge is 2.25. The Hall–Kier alpha value is -1.27. The van der Waals surface area contributed by atoms with E-state index in [4.69, 9.17) is 28.9 Å². The van der Waals surface area contributed by atoms with Crippen molar-refractivity contribution in [3.63, 3.8) is 0 Å². The first-order valence-corrected chi connectivity index (χ1v) is 8.26. The zero-order chi connectivity index (χ0) is 17.0. The number of benzene rings is 1. The smallest absolute Gasteiger partial charge is 0.202 e. The van der Waals surface area contributed by atoms with E-state index in [1.807, 2.05) is 6.08 Å². The van der Waals surface area contributed by atoms with E-state index < -0.39 is 5.66 Å². The Kier molecular flexibility index (Phi) is 5.92. The van der Waals surface area contributed by atoms with Crippen LogP contribution in [0.4, 0.5) is 5.69 Å². The second kappa shape index (κ2) is 7.53. The highest BCUT2D eigenvalue weighted by molar-refractivity contribution is 6.35. The molecular formula is C16H23Cl2N5. The van der Waals surface area contributed by atoms with Crippen LogP contribution in [-0.2, 0) is 0 Å². The normalized spacial score (nSPS) is 21.8. The molecule has 1 heterocycles. The first kappa shape index (κ1) is 18.1. The predicted molar refractivity (Wildman–Crippen MR) is 99.1 cm³/mol. The lowest BCUT2D eigenvalue weighted by Crippen LogP contribution is -2.44. The topological polar surface area (TPSA) is 65.7 Å². The van der Waals surface area contributed by atoms with Crippen LogP contribution in [0.1, 0.15) is 19.8 Å². The molecule has 4 N–H and O–H groups in total. The summed E-state index contributed by atoms with van der Waals surface area (Å²) in [6.45, 7) is 2.17. The number of rotatable bonds is 5. The molecule has 1 aromatic rings. The fraction of sp³-hybridized carbons (Fsp3) is 0.438. The van der Waals surface area contributed by atoms with Gasteiger partial charge in [-0.3, -0.25) is 0 Å². The van der Waals surface area contributed by atoms with Crippen LogP contribution in [-0.4, -0.2) is 36.7 Å². The van der Waals surface area contributed by atoms with Gasteiger partial charge in [0.1, 0.15) is 5.66 Å². The average Bonchev–Trinajstić information content (AvgIpc) is 2.48. The van der Waals surface area contributed by atoms with Crippen LogP contribution in [0.15, 0.2) is 35.5 Å². The Balaban J connectivity index is 2.08. The van der Waals surface area contributed by atoms with Crippen LogP contribution >= 0.6 is 23.2 Å². The molecule has 1 aliphatic rings. The second-order valence-corrected chi connectivity index (χ2v) is 6.87. The van der Waals surface area contributed by atoms with Gasteiger partial charge in [-0.2, -0.15) is 0 Å². The zero-order valence-electron chi connectivity index (χ0n) is 13.6. The van der Waals surface area contributed by atoms with E-state index in [-0.39, 0.29) is 0 Å². The van der Waals surface area contributed by atoms with Crippen LogP contribution in [0.25, 0.3) is 0 Å². The van der Waals surface area contributed by atoms with Crippen LogP contribution in [0.2, 0.25) is 10.0 Å². The summed E-state index contributed by atoms with van der Waals surface area (Å²) >= 11 is 12.2. The summed E-state index contributed by atoms with van der Waals surface area (Å²) in [4.78, 5) is 6.75. The van der Waals surface area contributed by atoms with Gasteiger partial charge in [-0.15, -0.1) is 0 Å². The molecule has 0 saturated heterocycles. The summed E-state index contributed by atoms with van der Waals surface area (Å²) in [7, 11) is 4.12. The number of guanidine groups is 1. The minimum atomic E-state index is -0.733. The number of nitrogens with one attached hydrogen (secondary N) is 2. The molecule has 1 aliphatic heterocycles. The molecule has 0 aliphatic carbocycles. The predicted octanol–water partition coefficient (Wildman–Crippen LogP) is 3.26. The van der Waals surface area contributed by atoms with E-state index in [1.165, 1.54) is 0 Å². The molecule has 23 heavy (non-hydrogen) atoms. The molecule has 2 unspecified atom stereocenters. The third-order valence-electron chi connectivity index (χ3n) is 3.94. The molecule has 2 atom stereocenters. The van der Waals surface area contributed by atoms with Gasteiger partial charge in [0.2, 0.25) is 5.96 Å². The Labute approximate surface area is 147 Å². The van der Waals surface area contributed by atoms with Crippen LogP contribution in [0.3, 0.4) is 0 Å². The molecule has 1 aromatic carbocycles. The molecule has 7 heteroatoms. The minimum Gasteiger partial charge on any atom is -0.333 e. The van der Waals surface area contributed by atoms with Gasteiger partial charge in [-0.1, -0.05) is 23.2 Å². The third kappa shape index (κ3) is 5.11. The second-order valence-electron chi connectivity index (χ2n) is 6.03. The maximum Gasteiger partial charge on any atom is 0.202 e. The molecule has 0 saturated carbocycles. The van der Waals surface area contributed by atoms with Crippen molar-refractivity contribution in [2.75, 3.05) is 19.4 Å². The lowest BCUT2D eigenvalue weighted by Gasteiger charge is -2.29. The number of nitrogens with zero attached hydrogens (tertiary/aromatic N) is 2. The first-order chi connectivity index (χ1) is 10.8. The van der Waals surface area contributed by atoms with E-state index in [1.54, 1.807) is 24.4 Å². The fourth-order valence-corrected chi connectivity index (χ4v) is 2.50. The molecule has 0 radical (unpaired) electrons. The molecule has 0 fully saturated rings. The van der Waals surface area contributed by atoms with E-state index in [0.717, 1.165) is 12.8 Å².